The Hall–Kier alpha value is -1.91. The van der Waals surface area contributed by atoms with Crippen molar-refractivity contribution in [3.8, 4) is 11.5 Å². The largest absolute Gasteiger partial charge is 0.486 e. The van der Waals surface area contributed by atoms with Crippen LogP contribution in [-0.2, 0) is 10.0 Å². The van der Waals surface area contributed by atoms with Crippen molar-refractivity contribution in [3.63, 3.8) is 0 Å². The molecule has 3 rings (SSSR count). The molecule has 1 unspecified atom stereocenters. The summed E-state index contributed by atoms with van der Waals surface area (Å²) < 4.78 is 37.5. The van der Waals surface area contributed by atoms with Crippen molar-refractivity contribution in [2.75, 3.05) is 33.4 Å². The van der Waals surface area contributed by atoms with Gasteiger partial charge in [0.15, 0.2) is 16.4 Å². The van der Waals surface area contributed by atoms with Crippen LogP contribution in [0.15, 0.2) is 17.0 Å². The van der Waals surface area contributed by atoms with Crippen LogP contribution in [0.4, 0.5) is 5.69 Å². The molecule has 1 aromatic carbocycles. The first kappa shape index (κ1) is 16.0. The van der Waals surface area contributed by atoms with Gasteiger partial charge in [0.2, 0.25) is 10.0 Å². The van der Waals surface area contributed by atoms with Crippen molar-refractivity contribution in [3.05, 3.63) is 22.2 Å². The van der Waals surface area contributed by atoms with E-state index in [0.29, 0.717) is 19.5 Å². The van der Waals surface area contributed by atoms with Gasteiger partial charge in [0.05, 0.1) is 11.0 Å². The van der Waals surface area contributed by atoms with Crippen LogP contribution in [0.1, 0.15) is 6.42 Å². The molecular weight excluding hydrogens is 326 g/mol. The number of nitrogens with one attached hydrogen (secondary N) is 1. The topological polar surface area (TPSA) is 111 Å². The number of sulfonamides is 1. The number of nitrogens with zero attached hydrogens (tertiary/aromatic N) is 2. The second-order valence-corrected chi connectivity index (χ2v) is 7.35. The number of rotatable bonds is 4. The Kier molecular flexibility index (Phi) is 4.13. The van der Waals surface area contributed by atoms with E-state index in [1.165, 1.54) is 17.4 Å². The molecule has 1 atom stereocenters. The van der Waals surface area contributed by atoms with Gasteiger partial charge in [-0.15, -0.1) is 0 Å². The molecule has 1 fully saturated rings. The zero-order valence-corrected chi connectivity index (χ0v) is 13.3. The third-order valence-corrected chi connectivity index (χ3v) is 5.97. The zero-order chi connectivity index (χ0) is 16.6. The summed E-state index contributed by atoms with van der Waals surface area (Å²) >= 11 is 0. The maximum absolute atomic E-state index is 12.8. The summed E-state index contributed by atoms with van der Waals surface area (Å²) in [6.07, 6.45) is 0.661. The lowest BCUT2D eigenvalue weighted by Crippen LogP contribution is -2.38. The van der Waals surface area contributed by atoms with Crippen LogP contribution in [-0.4, -0.2) is 57.0 Å². The standard InChI is InChI=1S/C13H17N3O6S/c1-15(9-2-3-14-8-9)23(19,20)13-7-12-11(21-4-5-22-12)6-10(13)16(17)18/h6-7,9,14H,2-5,8H2,1H3. The predicted octanol–water partition coefficient (Wildman–Crippen LogP) is 0.348. The molecule has 0 saturated carbocycles. The minimum Gasteiger partial charge on any atom is -0.486 e. The molecule has 0 radical (unpaired) electrons. The number of ether oxygens (including phenoxy) is 2. The highest BCUT2D eigenvalue weighted by Gasteiger charge is 2.36. The lowest BCUT2D eigenvalue weighted by molar-refractivity contribution is -0.388. The Balaban J connectivity index is 2.07. The van der Waals surface area contributed by atoms with Gasteiger partial charge in [0, 0.05) is 25.7 Å². The Morgan fingerprint density at radius 2 is 1.96 bits per heavy atom. The molecule has 9 nitrogen and oxygen atoms in total. The van der Waals surface area contributed by atoms with Gasteiger partial charge in [0.25, 0.3) is 5.69 Å². The number of fused-ring (bicyclic) bond motifs is 1. The average Bonchev–Trinajstić information content (AvgIpc) is 3.07. The molecule has 0 spiro atoms. The van der Waals surface area contributed by atoms with Gasteiger partial charge >= 0.3 is 0 Å². The van der Waals surface area contributed by atoms with Crippen molar-refractivity contribution >= 4 is 15.7 Å². The van der Waals surface area contributed by atoms with Crippen LogP contribution in [0.2, 0.25) is 0 Å². The molecule has 0 amide bonds. The smallest absolute Gasteiger partial charge is 0.293 e. The minimum absolute atomic E-state index is 0.187. The van der Waals surface area contributed by atoms with Gasteiger partial charge in [-0.05, 0) is 13.0 Å². The van der Waals surface area contributed by atoms with Crippen molar-refractivity contribution < 1.29 is 22.8 Å². The lowest BCUT2D eigenvalue weighted by Gasteiger charge is -2.24. The number of hydrogen-bond donors (Lipinski definition) is 1. The fraction of sp³-hybridized carbons (Fsp3) is 0.538. The summed E-state index contributed by atoms with van der Waals surface area (Å²) in [5, 5.41) is 14.4. The summed E-state index contributed by atoms with van der Waals surface area (Å²) in [4.78, 5) is 10.2. The van der Waals surface area contributed by atoms with E-state index in [-0.39, 0.29) is 35.7 Å². The second-order valence-electron chi connectivity index (χ2n) is 5.39. The number of hydrogen-bond acceptors (Lipinski definition) is 7. The Morgan fingerprint density at radius 1 is 1.30 bits per heavy atom. The molecular formula is C13H17N3O6S. The number of benzene rings is 1. The molecule has 0 aromatic heterocycles. The fourth-order valence-corrected chi connectivity index (χ4v) is 4.25. The normalized spacial score (nSPS) is 20.7. The molecule has 1 saturated heterocycles. The maximum Gasteiger partial charge on any atom is 0.293 e. The van der Waals surface area contributed by atoms with Gasteiger partial charge in [-0.2, -0.15) is 4.31 Å². The van der Waals surface area contributed by atoms with Crippen LogP contribution < -0.4 is 14.8 Å². The first-order valence-electron chi connectivity index (χ1n) is 7.18. The molecule has 2 aliphatic rings. The van der Waals surface area contributed by atoms with Crippen LogP contribution in [0.25, 0.3) is 0 Å². The quantitative estimate of drug-likeness (QED) is 0.620. The predicted molar refractivity (Wildman–Crippen MR) is 80.3 cm³/mol. The third-order valence-electron chi connectivity index (χ3n) is 4.03. The Morgan fingerprint density at radius 3 is 2.52 bits per heavy atom. The van der Waals surface area contributed by atoms with Crippen molar-refractivity contribution in [1.82, 2.24) is 9.62 Å². The van der Waals surface area contributed by atoms with Gasteiger partial charge < -0.3 is 14.8 Å². The highest BCUT2D eigenvalue weighted by atomic mass is 32.2. The third kappa shape index (κ3) is 2.84. The van der Waals surface area contributed by atoms with Gasteiger partial charge in [-0.3, -0.25) is 10.1 Å². The van der Waals surface area contributed by atoms with E-state index in [2.05, 4.69) is 5.32 Å². The van der Waals surface area contributed by atoms with Gasteiger partial charge in [-0.25, -0.2) is 8.42 Å². The number of nitro groups is 1. The number of likely N-dealkylation sites (N-methyl/N-ethyl adjacent to an activating group) is 1. The SMILES string of the molecule is CN(C1CCNC1)S(=O)(=O)c1cc2c(cc1[N+](=O)[O-])OCCO2. The van der Waals surface area contributed by atoms with E-state index >= 15 is 0 Å². The molecule has 2 aliphatic heterocycles. The lowest BCUT2D eigenvalue weighted by atomic mass is 10.2. The average molecular weight is 343 g/mol. The molecule has 2 heterocycles. The molecule has 1 aromatic rings. The second kappa shape index (κ2) is 5.95. The van der Waals surface area contributed by atoms with E-state index in [4.69, 9.17) is 9.47 Å². The highest BCUT2D eigenvalue weighted by Crippen LogP contribution is 2.39. The Labute approximate surface area is 133 Å². The maximum atomic E-state index is 12.8. The summed E-state index contributed by atoms with van der Waals surface area (Å²) in [6.45, 7) is 1.78. The summed E-state index contributed by atoms with van der Waals surface area (Å²) in [6, 6.07) is 2.07. The van der Waals surface area contributed by atoms with Crippen LogP contribution >= 0.6 is 0 Å². The molecule has 0 bridgehead atoms. The molecule has 10 heteroatoms. The van der Waals surface area contributed by atoms with E-state index < -0.39 is 20.6 Å². The monoisotopic (exact) mass is 343 g/mol. The van der Waals surface area contributed by atoms with Crippen molar-refractivity contribution in [2.24, 2.45) is 0 Å². The van der Waals surface area contributed by atoms with Crippen LogP contribution in [0, 0.1) is 10.1 Å². The molecule has 1 N–H and O–H groups in total. The van der Waals surface area contributed by atoms with Crippen molar-refractivity contribution in [2.45, 2.75) is 17.4 Å². The molecule has 126 valence electrons. The van der Waals surface area contributed by atoms with E-state index in [1.807, 2.05) is 0 Å². The summed E-state index contributed by atoms with van der Waals surface area (Å²) in [5.41, 5.74) is -0.507. The summed E-state index contributed by atoms with van der Waals surface area (Å²) in [7, 11) is -2.58. The highest BCUT2D eigenvalue weighted by molar-refractivity contribution is 7.89. The van der Waals surface area contributed by atoms with E-state index in [1.54, 1.807) is 0 Å². The summed E-state index contributed by atoms with van der Waals surface area (Å²) in [5.74, 6) is 0.394. The number of nitro benzene ring substituents is 1. The fourth-order valence-electron chi connectivity index (χ4n) is 2.71. The van der Waals surface area contributed by atoms with Crippen LogP contribution in [0.3, 0.4) is 0 Å². The van der Waals surface area contributed by atoms with Gasteiger partial charge in [-0.1, -0.05) is 0 Å². The first-order valence-corrected chi connectivity index (χ1v) is 8.62. The van der Waals surface area contributed by atoms with E-state index in [0.717, 1.165) is 6.07 Å². The molecule has 0 aliphatic carbocycles. The van der Waals surface area contributed by atoms with Crippen molar-refractivity contribution in [1.29, 1.82) is 0 Å². The zero-order valence-electron chi connectivity index (χ0n) is 12.5. The van der Waals surface area contributed by atoms with E-state index in [9.17, 15) is 18.5 Å². The minimum atomic E-state index is -4.02. The van der Waals surface area contributed by atoms with Gasteiger partial charge in [0.1, 0.15) is 13.2 Å². The molecule has 23 heavy (non-hydrogen) atoms. The van der Waals surface area contributed by atoms with Crippen LogP contribution in [0.5, 0.6) is 11.5 Å². The Bertz CT molecular complexity index is 729. The first-order chi connectivity index (χ1) is 10.9.